The monoisotopic (exact) mass is 474 g/mol. The van der Waals surface area contributed by atoms with Crippen LogP contribution >= 0.6 is 0 Å². The van der Waals surface area contributed by atoms with Gasteiger partial charge in [-0.15, -0.1) is 0 Å². The molecule has 0 aliphatic carbocycles. The van der Waals surface area contributed by atoms with Gasteiger partial charge in [0, 0.05) is 13.8 Å². The molecule has 0 rings (SSSR count). The first-order valence-electron chi connectivity index (χ1n) is 6.84. The van der Waals surface area contributed by atoms with Crippen LogP contribution in [0.25, 0.3) is 0 Å². The molecule has 0 saturated heterocycles. The minimum absolute atomic E-state index is 0.961. The number of rotatable bonds is 10. The van der Waals surface area contributed by atoms with Crippen molar-refractivity contribution < 1.29 is 75.0 Å². The van der Waals surface area contributed by atoms with Crippen LogP contribution in [0.2, 0.25) is 0 Å². The molecule has 0 fully saturated rings. The molecule has 0 aromatic rings. The van der Waals surface area contributed by atoms with Crippen molar-refractivity contribution in [2.45, 2.75) is 74.4 Å². The van der Waals surface area contributed by atoms with Gasteiger partial charge in [-0.05, 0) is 0 Å². The minimum Gasteiger partial charge on any atom is -0.349 e. The maximum atomic E-state index is 13.5. The third kappa shape index (κ3) is 5.13. The summed E-state index contributed by atoms with van der Waals surface area (Å²) in [6.45, 7) is -1.92. The maximum Gasteiger partial charge on any atom is 0.341 e. The lowest BCUT2D eigenvalue weighted by molar-refractivity contribution is -0.383. The van der Waals surface area contributed by atoms with Crippen LogP contribution in [-0.2, 0) is 4.74 Å². The van der Waals surface area contributed by atoms with Gasteiger partial charge in [0.1, 0.15) is 0 Å². The molecule has 0 aliphatic rings. The molecule has 0 saturated carbocycles. The Morgan fingerprint density at radius 3 is 0.828 bits per heavy atom. The Bertz CT molecular complexity index is 497. The quantitative estimate of drug-likeness (QED) is 0.347. The minimum atomic E-state index is -6.69. The normalized spacial score (nSPS) is 17.8. The average molecular weight is 474 g/mol. The Kier molecular flexibility index (Phi) is 7.52. The van der Waals surface area contributed by atoms with Gasteiger partial charge in [-0.3, -0.25) is 0 Å². The topological polar surface area (TPSA) is 9.23 Å². The number of halogens is 16. The largest absolute Gasteiger partial charge is 0.349 e. The van der Waals surface area contributed by atoms with E-state index >= 15 is 0 Å². The van der Waals surface area contributed by atoms with E-state index in [4.69, 9.17) is 0 Å². The highest BCUT2D eigenvalue weighted by molar-refractivity contribution is 5.03. The van der Waals surface area contributed by atoms with Crippen LogP contribution in [0, 0.1) is 0 Å². The van der Waals surface area contributed by atoms with Gasteiger partial charge in [-0.25, -0.2) is 35.1 Å². The zero-order valence-corrected chi connectivity index (χ0v) is 13.8. The van der Waals surface area contributed by atoms with E-state index in [0.29, 0.717) is 0 Å². The van der Waals surface area contributed by atoms with Gasteiger partial charge in [0.15, 0.2) is 12.2 Å². The Labute approximate surface area is 151 Å². The van der Waals surface area contributed by atoms with Crippen molar-refractivity contribution >= 4 is 0 Å². The van der Waals surface area contributed by atoms with E-state index in [2.05, 4.69) is 4.74 Å². The van der Waals surface area contributed by atoms with Crippen LogP contribution in [0.15, 0.2) is 0 Å². The molecule has 0 aromatic heterocycles. The lowest BCUT2D eigenvalue weighted by atomic mass is 9.97. The van der Waals surface area contributed by atoms with Gasteiger partial charge in [-0.1, -0.05) is 0 Å². The summed E-state index contributed by atoms with van der Waals surface area (Å²) in [5, 5.41) is 0. The van der Waals surface area contributed by atoms with E-state index in [-0.39, 0.29) is 0 Å². The summed E-state index contributed by atoms with van der Waals surface area (Å²) in [6, 6.07) is 0. The molecular weight excluding hydrogens is 464 g/mol. The smallest absolute Gasteiger partial charge is 0.341 e. The lowest BCUT2D eigenvalue weighted by Crippen LogP contribution is -2.66. The molecule has 0 heterocycles. The molecule has 2 atom stereocenters. The van der Waals surface area contributed by atoms with Crippen molar-refractivity contribution in [2.75, 3.05) is 0 Å². The number of hydrogen-bond acceptors (Lipinski definition) is 1. The molecule has 1 nitrogen and oxygen atoms in total. The summed E-state index contributed by atoms with van der Waals surface area (Å²) in [5.74, 6) is -38.4. The number of alkyl halides is 16. The first-order valence-corrected chi connectivity index (χ1v) is 6.84. The first kappa shape index (κ1) is 27.8. The predicted molar refractivity (Wildman–Crippen MR) is 61.7 cm³/mol. The van der Waals surface area contributed by atoms with Crippen LogP contribution in [0.3, 0.4) is 0 Å². The fourth-order valence-electron chi connectivity index (χ4n) is 1.66. The van der Waals surface area contributed by atoms with Gasteiger partial charge in [0.25, 0.3) is 0 Å². The van der Waals surface area contributed by atoms with Gasteiger partial charge in [-0.2, -0.15) is 35.1 Å². The molecule has 0 spiro atoms. The molecular formula is C12H10F16O. The fourth-order valence-corrected chi connectivity index (χ4v) is 1.66. The van der Waals surface area contributed by atoms with Crippen molar-refractivity contribution in [3.8, 4) is 0 Å². The zero-order chi connectivity index (χ0) is 24.0. The Hall–Kier alpha value is -1.16. The Morgan fingerprint density at radius 2 is 0.690 bits per heavy atom. The number of ether oxygens (including phenoxy) is 1. The molecule has 2 unspecified atom stereocenters. The molecule has 0 N–H and O–H groups in total. The molecule has 0 aromatic carbocycles. The van der Waals surface area contributed by atoms with Crippen LogP contribution in [0.4, 0.5) is 70.2 Å². The average Bonchev–Trinajstić information content (AvgIpc) is 2.43. The van der Waals surface area contributed by atoms with E-state index in [0.717, 1.165) is 0 Å². The summed E-state index contributed by atoms with van der Waals surface area (Å²) in [7, 11) is 0. The lowest BCUT2D eigenvalue weighted by Gasteiger charge is -2.41. The fraction of sp³-hybridized carbons (Fsp3) is 1.00. The molecule has 176 valence electrons. The molecule has 0 bridgehead atoms. The highest BCUT2D eigenvalue weighted by atomic mass is 19.3. The molecule has 0 aliphatic heterocycles. The predicted octanol–water partition coefficient (Wildman–Crippen LogP) is 6.12. The molecule has 17 heteroatoms. The molecule has 29 heavy (non-hydrogen) atoms. The van der Waals surface area contributed by atoms with Gasteiger partial charge in [0.05, 0.1) is 0 Å². The highest BCUT2D eigenvalue weighted by Gasteiger charge is 2.75. The Morgan fingerprint density at radius 1 is 0.483 bits per heavy atom. The van der Waals surface area contributed by atoms with E-state index < -0.39 is 74.4 Å². The third-order valence-corrected chi connectivity index (χ3v) is 3.38. The van der Waals surface area contributed by atoms with E-state index in [1.165, 1.54) is 0 Å². The second kappa shape index (κ2) is 7.83. The summed E-state index contributed by atoms with van der Waals surface area (Å²) in [6.07, 6.45) is -22.2. The van der Waals surface area contributed by atoms with Crippen molar-refractivity contribution in [1.82, 2.24) is 0 Å². The number of hydrogen-bond donors (Lipinski definition) is 0. The summed E-state index contributed by atoms with van der Waals surface area (Å²) < 4.78 is 211. The van der Waals surface area contributed by atoms with Crippen molar-refractivity contribution in [1.29, 1.82) is 0 Å². The standard InChI is InChI=1S/C12H10F16O/c1-7(17,18)11(25,26)3(9(21,22)5(13)14)29-4(10(23,24)6(15)16)12(27,28)8(2,19)20/h3-6H,1-2H3. The van der Waals surface area contributed by atoms with Crippen molar-refractivity contribution in [3.05, 3.63) is 0 Å². The highest BCUT2D eigenvalue weighted by Crippen LogP contribution is 2.51. The van der Waals surface area contributed by atoms with Crippen LogP contribution in [0.1, 0.15) is 13.8 Å². The van der Waals surface area contributed by atoms with Crippen LogP contribution < -0.4 is 0 Å². The van der Waals surface area contributed by atoms with Crippen LogP contribution in [-0.4, -0.2) is 60.6 Å². The SMILES string of the molecule is CC(F)(F)C(F)(F)C(OC(C(F)(F)C(F)F)C(F)(F)C(C)(F)F)C(F)(F)C(F)F. The first-order chi connectivity index (χ1) is 12.4. The van der Waals surface area contributed by atoms with Crippen molar-refractivity contribution in [2.24, 2.45) is 0 Å². The maximum absolute atomic E-state index is 13.5. The summed E-state index contributed by atoms with van der Waals surface area (Å²) in [4.78, 5) is 0. The summed E-state index contributed by atoms with van der Waals surface area (Å²) >= 11 is 0. The second-order valence-electron chi connectivity index (χ2n) is 5.87. The summed E-state index contributed by atoms with van der Waals surface area (Å²) in [5.41, 5.74) is 0. The van der Waals surface area contributed by atoms with E-state index in [9.17, 15) is 70.2 Å². The molecule has 0 radical (unpaired) electrons. The third-order valence-electron chi connectivity index (χ3n) is 3.38. The van der Waals surface area contributed by atoms with Crippen molar-refractivity contribution in [3.63, 3.8) is 0 Å². The molecule has 0 amide bonds. The Balaban J connectivity index is 6.79. The zero-order valence-electron chi connectivity index (χ0n) is 13.8. The van der Waals surface area contributed by atoms with E-state index in [1.54, 1.807) is 0 Å². The second-order valence-corrected chi connectivity index (χ2v) is 5.87. The van der Waals surface area contributed by atoms with Crippen LogP contribution in [0.5, 0.6) is 0 Å². The van der Waals surface area contributed by atoms with Gasteiger partial charge >= 0.3 is 48.4 Å². The van der Waals surface area contributed by atoms with Gasteiger partial charge in [0.2, 0.25) is 0 Å². The van der Waals surface area contributed by atoms with E-state index in [1.807, 2.05) is 0 Å². The van der Waals surface area contributed by atoms with Gasteiger partial charge < -0.3 is 4.74 Å².